The lowest BCUT2D eigenvalue weighted by Crippen LogP contribution is -2.36. The highest BCUT2D eigenvalue weighted by atomic mass is 32.2. The molecule has 150 valence electrons. The van der Waals surface area contributed by atoms with Gasteiger partial charge < -0.3 is 5.32 Å². The minimum Gasteiger partial charge on any atom is -0.350 e. The summed E-state index contributed by atoms with van der Waals surface area (Å²) in [6.45, 7) is 5.37. The van der Waals surface area contributed by atoms with Crippen molar-refractivity contribution in [1.29, 1.82) is 0 Å². The van der Waals surface area contributed by atoms with E-state index in [9.17, 15) is 4.79 Å². The van der Waals surface area contributed by atoms with Gasteiger partial charge in [0.1, 0.15) is 0 Å². The number of carbonyl (C=O) groups excluding carboxylic acids is 1. The molecule has 27 heavy (non-hydrogen) atoms. The highest BCUT2D eigenvalue weighted by molar-refractivity contribution is 8.05. The van der Waals surface area contributed by atoms with Gasteiger partial charge in [0.2, 0.25) is 0 Å². The highest BCUT2D eigenvalue weighted by Crippen LogP contribution is 2.48. The number of benzene rings is 1. The molecule has 4 rings (SSSR count). The quantitative estimate of drug-likeness (QED) is 0.363. The lowest BCUT2D eigenvalue weighted by molar-refractivity contribution is -0.116. The van der Waals surface area contributed by atoms with Gasteiger partial charge in [0.15, 0.2) is 0 Å². The van der Waals surface area contributed by atoms with Crippen molar-refractivity contribution >= 4 is 29.6 Å². The highest BCUT2D eigenvalue weighted by Gasteiger charge is 2.36. The second kappa shape index (κ2) is 9.82. The Labute approximate surface area is 174 Å². The molecular formula is C21H33N3OS2. The van der Waals surface area contributed by atoms with Crippen molar-refractivity contribution in [3.8, 4) is 0 Å². The summed E-state index contributed by atoms with van der Waals surface area (Å²) in [6.07, 6.45) is 11.4. The fourth-order valence-electron chi connectivity index (χ4n) is 3.49. The number of fused-ring (bicyclic) bond motifs is 1. The van der Waals surface area contributed by atoms with Gasteiger partial charge in [-0.25, -0.2) is 4.72 Å². The number of allylic oxidation sites excluding steroid dienone is 2. The first-order chi connectivity index (χ1) is 13.3. The van der Waals surface area contributed by atoms with Crippen molar-refractivity contribution in [3.05, 3.63) is 53.0 Å². The maximum atomic E-state index is 12.4. The summed E-state index contributed by atoms with van der Waals surface area (Å²) in [4.78, 5) is 14.5. The molecule has 3 aliphatic rings. The number of hydrogen-bond acceptors (Lipinski definition) is 5. The molecule has 0 saturated heterocycles. The first-order valence-corrected chi connectivity index (χ1v) is 11.5. The summed E-state index contributed by atoms with van der Waals surface area (Å²) >= 11 is 3.40. The van der Waals surface area contributed by atoms with Crippen LogP contribution in [0.2, 0.25) is 0 Å². The standard InChI is InChI=1S/C19H23N3OS2.C2H6.2H2/c23-18(16-8-11-19(24-16)9-4-1-5-10-19)21-13-12-20-17-14-6-2-3-7-15(14)25-22-17;1-2;;/h2-4,6-9,17,20,22H,1,5,10-13H2,(H,21,23);1-2H3;2*1H. The van der Waals surface area contributed by atoms with Crippen LogP contribution in [-0.4, -0.2) is 23.7 Å². The Kier molecular flexibility index (Phi) is 7.47. The minimum absolute atomic E-state index is 0. The van der Waals surface area contributed by atoms with Crippen LogP contribution in [0.15, 0.2) is 52.3 Å². The van der Waals surface area contributed by atoms with Crippen molar-refractivity contribution in [2.24, 2.45) is 0 Å². The van der Waals surface area contributed by atoms with Crippen molar-refractivity contribution in [3.63, 3.8) is 0 Å². The SMILES string of the molecule is CC.O=C(NCCNC1NSc2ccccc21)C1=CCC2(C=CCCC2)S1.[HH].[HH]. The third-order valence-corrected chi connectivity index (χ3v) is 7.27. The molecule has 0 bridgehead atoms. The number of amides is 1. The minimum atomic E-state index is 0. The molecule has 1 aromatic rings. The Hall–Kier alpha value is -1.21. The van der Waals surface area contributed by atoms with E-state index in [-0.39, 0.29) is 19.7 Å². The number of hydrogen-bond donors (Lipinski definition) is 3. The maximum absolute atomic E-state index is 12.4. The zero-order valence-electron chi connectivity index (χ0n) is 16.1. The molecule has 1 aliphatic carbocycles. The Morgan fingerprint density at radius 1 is 1.33 bits per heavy atom. The summed E-state index contributed by atoms with van der Waals surface area (Å²) in [5, 5.41) is 6.50. The molecule has 0 radical (unpaired) electrons. The first-order valence-electron chi connectivity index (χ1n) is 9.86. The number of thioether (sulfide) groups is 1. The Morgan fingerprint density at radius 2 is 2.19 bits per heavy atom. The van der Waals surface area contributed by atoms with Crippen LogP contribution < -0.4 is 15.4 Å². The monoisotopic (exact) mass is 407 g/mol. The lowest BCUT2D eigenvalue weighted by Gasteiger charge is -2.27. The fraction of sp³-hybridized carbons (Fsp3) is 0.476. The number of carbonyl (C=O) groups is 1. The van der Waals surface area contributed by atoms with Crippen LogP contribution in [0.1, 0.15) is 54.1 Å². The second-order valence-corrected chi connectivity index (χ2v) is 8.97. The molecule has 0 fully saturated rings. The predicted octanol–water partition coefficient (Wildman–Crippen LogP) is 5.02. The summed E-state index contributed by atoms with van der Waals surface area (Å²) in [6, 6.07) is 8.37. The van der Waals surface area contributed by atoms with E-state index in [1.165, 1.54) is 29.7 Å². The van der Waals surface area contributed by atoms with Gasteiger partial charge in [-0.1, -0.05) is 50.3 Å². The van der Waals surface area contributed by atoms with Crippen LogP contribution in [0.25, 0.3) is 0 Å². The smallest absolute Gasteiger partial charge is 0.257 e. The van der Waals surface area contributed by atoms with Crippen LogP contribution in [0.4, 0.5) is 0 Å². The third-order valence-electron chi connectivity index (χ3n) is 4.84. The lowest BCUT2D eigenvalue weighted by atomic mass is 9.92. The molecule has 4 nitrogen and oxygen atoms in total. The average Bonchev–Trinajstić information content (AvgIpc) is 3.32. The fourth-order valence-corrected chi connectivity index (χ4v) is 5.74. The van der Waals surface area contributed by atoms with E-state index in [0.717, 1.165) is 17.9 Å². The molecule has 1 aromatic carbocycles. The van der Waals surface area contributed by atoms with Crippen LogP contribution in [-0.2, 0) is 4.79 Å². The van der Waals surface area contributed by atoms with Gasteiger partial charge in [-0.05, 0) is 49.3 Å². The summed E-state index contributed by atoms with van der Waals surface area (Å²) in [7, 11) is 0. The van der Waals surface area contributed by atoms with Crippen molar-refractivity contribution in [2.45, 2.75) is 55.3 Å². The Morgan fingerprint density at radius 3 is 3.00 bits per heavy atom. The Balaban J connectivity index is 0.00000102. The molecule has 2 heterocycles. The zero-order valence-corrected chi connectivity index (χ0v) is 17.7. The third kappa shape index (κ3) is 4.99. The van der Waals surface area contributed by atoms with Crippen LogP contribution in [0.5, 0.6) is 0 Å². The molecule has 3 N–H and O–H groups in total. The van der Waals surface area contributed by atoms with Crippen LogP contribution >= 0.6 is 23.7 Å². The van der Waals surface area contributed by atoms with Crippen molar-refractivity contribution in [2.75, 3.05) is 13.1 Å². The van der Waals surface area contributed by atoms with E-state index in [2.05, 4.69) is 57.8 Å². The van der Waals surface area contributed by atoms with E-state index in [1.807, 2.05) is 13.8 Å². The van der Waals surface area contributed by atoms with Gasteiger partial charge in [-0.2, -0.15) is 0 Å². The molecule has 2 atom stereocenters. The number of nitrogens with one attached hydrogen (secondary N) is 3. The predicted molar refractivity (Wildman–Crippen MR) is 121 cm³/mol. The Bertz CT molecular complexity index is 730. The van der Waals surface area contributed by atoms with E-state index in [0.29, 0.717) is 6.54 Å². The molecule has 1 spiro atoms. The molecule has 6 heteroatoms. The molecule has 2 unspecified atom stereocenters. The number of rotatable bonds is 5. The van der Waals surface area contributed by atoms with E-state index >= 15 is 0 Å². The van der Waals surface area contributed by atoms with Crippen molar-refractivity contribution in [1.82, 2.24) is 15.4 Å². The summed E-state index contributed by atoms with van der Waals surface area (Å²) < 4.78 is 3.52. The normalized spacial score (nSPS) is 25.6. The van der Waals surface area contributed by atoms with Crippen molar-refractivity contribution < 1.29 is 7.65 Å². The molecule has 2 aliphatic heterocycles. The van der Waals surface area contributed by atoms with Gasteiger partial charge in [-0.3, -0.25) is 10.1 Å². The van der Waals surface area contributed by atoms with Gasteiger partial charge in [0.05, 0.1) is 11.1 Å². The second-order valence-electron chi connectivity index (χ2n) is 6.63. The summed E-state index contributed by atoms with van der Waals surface area (Å²) in [5.74, 6) is 0.0665. The molecule has 0 aromatic heterocycles. The summed E-state index contributed by atoms with van der Waals surface area (Å²) in [5.41, 5.74) is 1.28. The van der Waals surface area contributed by atoms with Gasteiger partial charge in [-0.15, -0.1) is 11.8 Å². The van der Waals surface area contributed by atoms with Crippen LogP contribution in [0.3, 0.4) is 0 Å². The van der Waals surface area contributed by atoms with E-state index < -0.39 is 0 Å². The molecular weight excluding hydrogens is 374 g/mol. The van der Waals surface area contributed by atoms with E-state index in [4.69, 9.17) is 0 Å². The van der Waals surface area contributed by atoms with Crippen LogP contribution in [0, 0.1) is 0 Å². The maximum Gasteiger partial charge on any atom is 0.257 e. The first kappa shape index (κ1) is 20.5. The van der Waals surface area contributed by atoms with Gasteiger partial charge >= 0.3 is 0 Å². The zero-order chi connectivity index (χ0) is 19.1. The topological polar surface area (TPSA) is 53.2 Å². The van der Waals surface area contributed by atoms with Gasteiger partial charge in [0.25, 0.3) is 5.91 Å². The van der Waals surface area contributed by atoms with Gasteiger partial charge in [0, 0.05) is 25.6 Å². The molecule has 1 amide bonds. The average molecular weight is 408 g/mol. The largest absolute Gasteiger partial charge is 0.350 e. The van der Waals surface area contributed by atoms with E-state index in [1.54, 1.807) is 23.7 Å². The molecule has 0 saturated carbocycles.